The first-order valence-electron chi connectivity index (χ1n) is 7.56. The predicted octanol–water partition coefficient (Wildman–Crippen LogP) is 4.11. The van der Waals surface area contributed by atoms with E-state index in [2.05, 4.69) is 13.8 Å². The van der Waals surface area contributed by atoms with E-state index in [-0.39, 0.29) is 11.3 Å². The minimum atomic E-state index is -0.457. The summed E-state index contributed by atoms with van der Waals surface area (Å²) < 4.78 is 16.1. The van der Waals surface area contributed by atoms with Crippen molar-refractivity contribution in [2.24, 2.45) is 5.92 Å². The summed E-state index contributed by atoms with van der Waals surface area (Å²) in [7, 11) is 1.55. The molecule has 1 aromatic heterocycles. The second kappa shape index (κ2) is 8.02. The lowest BCUT2D eigenvalue weighted by molar-refractivity contribution is 0.101. The quantitative estimate of drug-likeness (QED) is 0.435. The zero-order chi connectivity index (χ0) is 17.5. The molecule has 0 atom stereocenters. The van der Waals surface area contributed by atoms with Gasteiger partial charge in [-0.1, -0.05) is 19.9 Å². The SMILES string of the molecule is COc1cc(/C=C(\C#N)C(=O)c2ccco2)ccc1OCC(C)C. The van der Waals surface area contributed by atoms with Crippen molar-refractivity contribution in [3.63, 3.8) is 0 Å². The summed E-state index contributed by atoms with van der Waals surface area (Å²) in [6.45, 7) is 4.69. The Labute approximate surface area is 141 Å². The molecule has 0 aliphatic heterocycles. The van der Waals surface area contributed by atoms with Crippen molar-refractivity contribution in [3.8, 4) is 17.6 Å². The van der Waals surface area contributed by atoms with Crippen LogP contribution in [-0.2, 0) is 0 Å². The van der Waals surface area contributed by atoms with Crippen molar-refractivity contribution < 1.29 is 18.7 Å². The highest BCUT2D eigenvalue weighted by Gasteiger charge is 2.15. The van der Waals surface area contributed by atoms with E-state index < -0.39 is 5.78 Å². The molecule has 124 valence electrons. The number of benzene rings is 1. The smallest absolute Gasteiger partial charge is 0.238 e. The van der Waals surface area contributed by atoms with Crippen LogP contribution in [0.5, 0.6) is 11.5 Å². The molecule has 5 nitrogen and oxygen atoms in total. The van der Waals surface area contributed by atoms with Crippen molar-refractivity contribution in [3.05, 3.63) is 53.5 Å². The number of hydrogen-bond donors (Lipinski definition) is 0. The van der Waals surface area contributed by atoms with Crippen molar-refractivity contribution in [2.75, 3.05) is 13.7 Å². The summed E-state index contributed by atoms with van der Waals surface area (Å²) in [5.74, 6) is 1.24. The molecule has 2 aromatic rings. The van der Waals surface area contributed by atoms with Crippen LogP contribution >= 0.6 is 0 Å². The number of nitrogens with zero attached hydrogens (tertiary/aromatic N) is 1. The molecule has 0 unspecified atom stereocenters. The molecule has 24 heavy (non-hydrogen) atoms. The van der Waals surface area contributed by atoms with Gasteiger partial charge in [0.1, 0.15) is 11.6 Å². The van der Waals surface area contributed by atoms with E-state index in [9.17, 15) is 10.1 Å². The molecule has 0 spiro atoms. The lowest BCUT2D eigenvalue weighted by Crippen LogP contribution is -2.05. The number of methoxy groups -OCH3 is 1. The Morgan fingerprint density at radius 3 is 2.71 bits per heavy atom. The van der Waals surface area contributed by atoms with Gasteiger partial charge in [0, 0.05) is 0 Å². The average Bonchev–Trinajstić information content (AvgIpc) is 3.12. The van der Waals surface area contributed by atoms with E-state index in [1.54, 1.807) is 31.4 Å². The largest absolute Gasteiger partial charge is 0.493 e. The first-order valence-corrected chi connectivity index (χ1v) is 7.56. The molecule has 0 aliphatic rings. The van der Waals surface area contributed by atoms with Crippen molar-refractivity contribution in [2.45, 2.75) is 13.8 Å². The maximum atomic E-state index is 12.2. The standard InChI is InChI=1S/C19H19NO4/c1-13(2)12-24-16-7-6-14(10-18(16)22-3)9-15(11-20)19(21)17-5-4-8-23-17/h4-10,13H,12H2,1-3H3/b15-9+. The molecular formula is C19H19NO4. The van der Waals surface area contributed by atoms with Crippen LogP contribution in [0.1, 0.15) is 30.0 Å². The van der Waals surface area contributed by atoms with Gasteiger partial charge in [0.2, 0.25) is 5.78 Å². The Kier molecular flexibility index (Phi) is 5.80. The fourth-order valence-corrected chi connectivity index (χ4v) is 2.01. The van der Waals surface area contributed by atoms with Crippen molar-refractivity contribution in [1.82, 2.24) is 0 Å². The number of furan rings is 1. The Hall–Kier alpha value is -3.00. The third-order valence-corrected chi connectivity index (χ3v) is 3.18. The third-order valence-electron chi connectivity index (χ3n) is 3.18. The molecule has 1 heterocycles. The number of Topliss-reactive ketones (excluding diaryl/α,β-unsaturated/α-hetero) is 1. The Morgan fingerprint density at radius 1 is 1.33 bits per heavy atom. The van der Waals surface area contributed by atoms with Gasteiger partial charge in [0.25, 0.3) is 0 Å². The normalized spacial score (nSPS) is 11.2. The van der Waals surface area contributed by atoms with Crippen LogP contribution in [0.25, 0.3) is 6.08 Å². The monoisotopic (exact) mass is 325 g/mol. The number of rotatable bonds is 7. The van der Waals surface area contributed by atoms with Gasteiger partial charge in [0.05, 0.1) is 20.0 Å². The van der Waals surface area contributed by atoms with E-state index in [4.69, 9.17) is 13.9 Å². The first-order chi connectivity index (χ1) is 11.5. The highest BCUT2D eigenvalue weighted by molar-refractivity contribution is 6.12. The number of carbonyl (C=O) groups is 1. The molecule has 0 bridgehead atoms. The van der Waals surface area contributed by atoms with Crippen molar-refractivity contribution >= 4 is 11.9 Å². The minimum absolute atomic E-state index is 0.0112. The molecule has 0 amide bonds. The summed E-state index contributed by atoms with van der Waals surface area (Å²) >= 11 is 0. The van der Waals surface area contributed by atoms with E-state index >= 15 is 0 Å². The molecule has 5 heteroatoms. The van der Waals surface area contributed by atoms with Gasteiger partial charge in [-0.15, -0.1) is 0 Å². The van der Waals surface area contributed by atoms with E-state index in [1.165, 1.54) is 18.4 Å². The lowest BCUT2D eigenvalue weighted by atomic mass is 10.1. The molecule has 0 fully saturated rings. The van der Waals surface area contributed by atoms with Crippen LogP contribution in [0.4, 0.5) is 0 Å². The van der Waals surface area contributed by atoms with Gasteiger partial charge >= 0.3 is 0 Å². The van der Waals surface area contributed by atoms with Gasteiger partial charge < -0.3 is 13.9 Å². The Bertz CT molecular complexity index is 767. The third kappa shape index (κ3) is 4.26. The zero-order valence-corrected chi connectivity index (χ0v) is 13.9. The molecule has 0 saturated heterocycles. The number of hydrogen-bond acceptors (Lipinski definition) is 5. The second-order valence-electron chi connectivity index (χ2n) is 5.59. The predicted molar refractivity (Wildman–Crippen MR) is 90.0 cm³/mol. The van der Waals surface area contributed by atoms with Gasteiger partial charge in [-0.3, -0.25) is 4.79 Å². The summed E-state index contributed by atoms with van der Waals surface area (Å²) in [4.78, 5) is 12.2. The number of ether oxygens (including phenoxy) is 2. The summed E-state index contributed by atoms with van der Waals surface area (Å²) in [5, 5.41) is 9.25. The number of carbonyl (C=O) groups excluding carboxylic acids is 1. The summed E-state index contributed by atoms with van der Waals surface area (Å²) in [5.41, 5.74) is 0.656. The van der Waals surface area contributed by atoms with Gasteiger partial charge in [0.15, 0.2) is 17.3 Å². The van der Waals surface area contributed by atoms with Gasteiger partial charge in [-0.05, 0) is 41.8 Å². The fourth-order valence-electron chi connectivity index (χ4n) is 2.01. The van der Waals surface area contributed by atoms with E-state index in [1.807, 2.05) is 6.07 Å². The molecule has 1 aromatic carbocycles. The van der Waals surface area contributed by atoms with E-state index in [0.29, 0.717) is 29.6 Å². The van der Waals surface area contributed by atoms with Crippen molar-refractivity contribution in [1.29, 1.82) is 5.26 Å². The first kappa shape index (κ1) is 17.4. The van der Waals surface area contributed by atoms with Crippen LogP contribution in [0.2, 0.25) is 0 Å². The minimum Gasteiger partial charge on any atom is -0.493 e. The topological polar surface area (TPSA) is 72.5 Å². The van der Waals surface area contributed by atoms with Gasteiger partial charge in [-0.25, -0.2) is 0 Å². The fraction of sp³-hybridized carbons (Fsp3) is 0.263. The highest BCUT2D eigenvalue weighted by atomic mass is 16.5. The molecular weight excluding hydrogens is 306 g/mol. The van der Waals surface area contributed by atoms with E-state index in [0.717, 1.165) is 0 Å². The Balaban J connectivity index is 2.27. The summed E-state index contributed by atoms with van der Waals surface area (Å²) in [6.07, 6.45) is 2.89. The average molecular weight is 325 g/mol. The molecule has 0 N–H and O–H groups in total. The molecule has 0 radical (unpaired) electrons. The van der Waals surface area contributed by atoms with Crippen LogP contribution in [0, 0.1) is 17.2 Å². The maximum Gasteiger partial charge on any atom is 0.238 e. The maximum absolute atomic E-state index is 12.2. The van der Waals surface area contributed by atoms with Crippen LogP contribution in [0.15, 0.2) is 46.6 Å². The van der Waals surface area contributed by atoms with Crippen LogP contribution in [0.3, 0.4) is 0 Å². The molecule has 2 rings (SSSR count). The van der Waals surface area contributed by atoms with Crippen LogP contribution < -0.4 is 9.47 Å². The molecule has 0 aliphatic carbocycles. The van der Waals surface area contributed by atoms with Gasteiger partial charge in [-0.2, -0.15) is 5.26 Å². The number of ketones is 1. The number of nitriles is 1. The number of allylic oxidation sites excluding steroid dienone is 1. The lowest BCUT2D eigenvalue weighted by Gasteiger charge is -2.12. The van der Waals surface area contributed by atoms with Crippen LogP contribution in [-0.4, -0.2) is 19.5 Å². The highest BCUT2D eigenvalue weighted by Crippen LogP contribution is 2.29. The second-order valence-corrected chi connectivity index (χ2v) is 5.59. The summed E-state index contributed by atoms with van der Waals surface area (Å²) in [6, 6.07) is 10.3. The Morgan fingerprint density at radius 2 is 2.12 bits per heavy atom. The zero-order valence-electron chi connectivity index (χ0n) is 13.9. The molecule has 0 saturated carbocycles.